The first kappa shape index (κ1) is 15.7. The van der Waals surface area contributed by atoms with E-state index in [0.717, 1.165) is 31.4 Å². The highest BCUT2D eigenvalue weighted by molar-refractivity contribution is 7.46. The molecule has 0 aromatic rings. The summed E-state index contributed by atoms with van der Waals surface area (Å²) in [6.45, 7) is 4.45. The molecular weight excluding hydrogens is 227 g/mol. The van der Waals surface area contributed by atoms with Crippen molar-refractivity contribution in [2.24, 2.45) is 5.92 Å². The minimum Gasteiger partial charge on any atom is -0.413 e. The van der Waals surface area contributed by atoms with Crippen molar-refractivity contribution in [3.8, 4) is 0 Å². The second-order valence-corrected chi connectivity index (χ2v) is 5.55. The average molecular weight is 250 g/mol. The van der Waals surface area contributed by atoms with Crippen LogP contribution in [0.2, 0.25) is 0 Å². The van der Waals surface area contributed by atoms with Crippen molar-refractivity contribution in [1.29, 1.82) is 0 Å². The van der Waals surface area contributed by atoms with Gasteiger partial charge >= 0.3 is 7.82 Å². The summed E-state index contributed by atoms with van der Waals surface area (Å²) in [4.78, 5) is 16.8. The first-order valence-corrected chi connectivity index (χ1v) is 7.34. The first-order valence-electron chi connectivity index (χ1n) is 5.81. The van der Waals surface area contributed by atoms with Crippen LogP contribution in [-0.4, -0.2) is 9.79 Å². The predicted molar refractivity (Wildman–Crippen MR) is 64.8 cm³/mol. The van der Waals surface area contributed by atoms with Gasteiger partial charge in [0.25, 0.3) is 0 Å². The van der Waals surface area contributed by atoms with E-state index in [0.29, 0.717) is 0 Å². The highest BCUT2D eigenvalue weighted by atomic mass is 31.2. The number of hydrogen-bond acceptors (Lipinski definition) is 2. The maximum absolute atomic E-state index is 10.3. The standard InChI is InChI=1S/C11H23O4P/c1-11(2)9-7-5-3-4-6-8-10-15-16(12,13)14/h8,10-11H,3-7,9H2,1-2H3,(H2,12,13,14). The summed E-state index contributed by atoms with van der Waals surface area (Å²) in [6, 6.07) is 0. The zero-order chi connectivity index (χ0) is 12.4. The molecule has 0 radical (unpaired) electrons. The van der Waals surface area contributed by atoms with Crippen LogP contribution < -0.4 is 0 Å². The zero-order valence-electron chi connectivity index (χ0n) is 10.1. The molecule has 0 saturated carbocycles. The molecule has 5 heteroatoms. The van der Waals surface area contributed by atoms with Crippen molar-refractivity contribution in [1.82, 2.24) is 0 Å². The molecule has 0 aliphatic carbocycles. The van der Waals surface area contributed by atoms with Gasteiger partial charge in [-0.1, -0.05) is 39.5 Å². The molecule has 0 aromatic carbocycles. The van der Waals surface area contributed by atoms with Crippen LogP contribution in [0.1, 0.15) is 52.4 Å². The maximum Gasteiger partial charge on any atom is 0.524 e. The van der Waals surface area contributed by atoms with Crippen LogP contribution in [0.5, 0.6) is 0 Å². The van der Waals surface area contributed by atoms with E-state index in [4.69, 9.17) is 9.79 Å². The summed E-state index contributed by atoms with van der Waals surface area (Å²) in [5.41, 5.74) is 0. The van der Waals surface area contributed by atoms with Gasteiger partial charge in [0.15, 0.2) is 0 Å². The normalized spacial score (nSPS) is 12.6. The van der Waals surface area contributed by atoms with Crippen LogP contribution in [0.3, 0.4) is 0 Å². The summed E-state index contributed by atoms with van der Waals surface area (Å²) < 4.78 is 14.5. The fourth-order valence-electron chi connectivity index (χ4n) is 1.36. The van der Waals surface area contributed by atoms with Crippen molar-refractivity contribution in [3.05, 3.63) is 12.3 Å². The molecule has 0 aromatic heterocycles. The van der Waals surface area contributed by atoms with E-state index in [1.165, 1.54) is 19.3 Å². The molecule has 4 nitrogen and oxygen atoms in total. The molecule has 0 heterocycles. The van der Waals surface area contributed by atoms with Crippen molar-refractivity contribution >= 4 is 7.82 Å². The highest BCUT2D eigenvalue weighted by Crippen LogP contribution is 2.35. The Kier molecular flexibility index (Phi) is 8.63. The molecule has 0 saturated heterocycles. The summed E-state index contributed by atoms with van der Waals surface area (Å²) in [7, 11) is -4.33. The lowest BCUT2D eigenvalue weighted by molar-refractivity contribution is 0.258. The van der Waals surface area contributed by atoms with Crippen LogP contribution in [0.15, 0.2) is 12.3 Å². The van der Waals surface area contributed by atoms with Gasteiger partial charge in [-0.3, -0.25) is 9.79 Å². The Morgan fingerprint density at radius 3 is 2.38 bits per heavy atom. The summed E-state index contributed by atoms with van der Waals surface area (Å²) in [5.74, 6) is 0.775. The topological polar surface area (TPSA) is 66.8 Å². The van der Waals surface area contributed by atoms with E-state index >= 15 is 0 Å². The van der Waals surface area contributed by atoms with Crippen LogP contribution in [0, 0.1) is 5.92 Å². The average Bonchev–Trinajstić information content (AvgIpc) is 2.13. The van der Waals surface area contributed by atoms with Gasteiger partial charge in [-0.15, -0.1) is 0 Å². The van der Waals surface area contributed by atoms with E-state index in [-0.39, 0.29) is 0 Å². The maximum atomic E-state index is 10.3. The van der Waals surface area contributed by atoms with E-state index in [2.05, 4.69) is 18.4 Å². The zero-order valence-corrected chi connectivity index (χ0v) is 11.0. The third-order valence-electron chi connectivity index (χ3n) is 2.20. The first-order chi connectivity index (χ1) is 7.42. The largest absolute Gasteiger partial charge is 0.524 e. The molecule has 0 fully saturated rings. The minimum absolute atomic E-state index is 0.775. The van der Waals surface area contributed by atoms with Gasteiger partial charge in [-0.25, -0.2) is 4.57 Å². The fraction of sp³-hybridized carbons (Fsp3) is 0.818. The molecule has 96 valence electrons. The molecular formula is C11H23O4P. The second-order valence-electron chi connectivity index (χ2n) is 4.35. The highest BCUT2D eigenvalue weighted by Gasteiger charge is 2.10. The molecule has 0 unspecified atom stereocenters. The van der Waals surface area contributed by atoms with E-state index in [1.54, 1.807) is 6.08 Å². The number of unbranched alkanes of at least 4 members (excludes halogenated alkanes) is 4. The fourth-order valence-corrected chi connectivity index (χ4v) is 1.60. The van der Waals surface area contributed by atoms with E-state index in [9.17, 15) is 4.57 Å². The lowest BCUT2D eigenvalue weighted by Gasteiger charge is -2.03. The molecule has 16 heavy (non-hydrogen) atoms. The summed E-state index contributed by atoms with van der Waals surface area (Å²) in [5, 5.41) is 0. The van der Waals surface area contributed by atoms with Gasteiger partial charge in [0.1, 0.15) is 0 Å². The van der Waals surface area contributed by atoms with Gasteiger partial charge in [0.05, 0.1) is 6.26 Å². The van der Waals surface area contributed by atoms with Crippen LogP contribution >= 0.6 is 7.82 Å². The van der Waals surface area contributed by atoms with E-state index < -0.39 is 7.82 Å². The van der Waals surface area contributed by atoms with Gasteiger partial charge < -0.3 is 4.52 Å². The van der Waals surface area contributed by atoms with Gasteiger partial charge in [0.2, 0.25) is 0 Å². The molecule has 0 spiro atoms. The Hall–Kier alpha value is -0.310. The molecule has 0 atom stereocenters. The van der Waals surface area contributed by atoms with Crippen LogP contribution in [0.4, 0.5) is 0 Å². The van der Waals surface area contributed by atoms with Crippen molar-refractivity contribution in [2.75, 3.05) is 0 Å². The number of phosphoric ester groups is 1. The Morgan fingerprint density at radius 2 is 1.81 bits per heavy atom. The Bertz CT molecular complexity index is 232. The lowest BCUT2D eigenvalue weighted by Crippen LogP contribution is -1.86. The number of phosphoric acid groups is 1. The smallest absolute Gasteiger partial charge is 0.413 e. The van der Waals surface area contributed by atoms with Crippen molar-refractivity contribution in [2.45, 2.75) is 52.4 Å². The number of allylic oxidation sites excluding steroid dienone is 1. The van der Waals surface area contributed by atoms with E-state index in [1.807, 2.05) is 0 Å². The van der Waals surface area contributed by atoms with Crippen LogP contribution in [-0.2, 0) is 9.09 Å². The predicted octanol–water partition coefficient (Wildman–Crippen LogP) is 3.61. The second kappa shape index (κ2) is 8.80. The summed E-state index contributed by atoms with van der Waals surface area (Å²) >= 11 is 0. The minimum atomic E-state index is -4.33. The molecule has 2 N–H and O–H groups in total. The summed E-state index contributed by atoms with van der Waals surface area (Å²) in [6.07, 6.45) is 9.52. The Labute approximate surface area is 98.0 Å². The molecule has 0 aliphatic heterocycles. The third-order valence-corrected chi connectivity index (χ3v) is 2.59. The number of hydrogen-bond donors (Lipinski definition) is 2. The van der Waals surface area contributed by atoms with Gasteiger partial charge in [0, 0.05) is 0 Å². The Balaban J connectivity index is 3.24. The van der Waals surface area contributed by atoms with Crippen molar-refractivity contribution in [3.63, 3.8) is 0 Å². The van der Waals surface area contributed by atoms with Gasteiger partial charge in [-0.2, -0.15) is 0 Å². The molecule has 0 rings (SSSR count). The lowest BCUT2D eigenvalue weighted by atomic mass is 10.0. The monoisotopic (exact) mass is 250 g/mol. The van der Waals surface area contributed by atoms with Crippen LogP contribution in [0.25, 0.3) is 0 Å². The Morgan fingerprint density at radius 1 is 1.19 bits per heavy atom. The third kappa shape index (κ3) is 13.7. The molecule has 0 aliphatic rings. The van der Waals surface area contributed by atoms with Gasteiger partial charge in [-0.05, 0) is 24.8 Å². The molecule has 0 bridgehead atoms. The molecule has 0 amide bonds. The SMILES string of the molecule is CC(C)CCCCCCC=COP(=O)(O)O. The quantitative estimate of drug-likeness (QED) is 0.372. The number of rotatable bonds is 9. The van der Waals surface area contributed by atoms with Crippen molar-refractivity contribution < 1.29 is 18.9 Å².